The van der Waals surface area contributed by atoms with Gasteiger partial charge in [0.2, 0.25) is 5.89 Å². The van der Waals surface area contributed by atoms with Crippen LogP contribution < -0.4 is 10.1 Å². The van der Waals surface area contributed by atoms with E-state index in [0.29, 0.717) is 19.0 Å². The highest BCUT2D eigenvalue weighted by atomic mass is 16.5. The number of hydrogen-bond acceptors (Lipinski definition) is 4. The van der Waals surface area contributed by atoms with E-state index in [0.717, 1.165) is 12.3 Å². The molecule has 0 amide bonds. The van der Waals surface area contributed by atoms with E-state index in [1.54, 1.807) is 12.5 Å². The van der Waals surface area contributed by atoms with Crippen molar-refractivity contribution in [2.24, 2.45) is 0 Å². The predicted molar refractivity (Wildman–Crippen MR) is 84.3 cm³/mol. The van der Waals surface area contributed by atoms with Crippen LogP contribution >= 0.6 is 0 Å². The second kappa shape index (κ2) is 7.43. The summed E-state index contributed by atoms with van der Waals surface area (Å²) in [6, 6.07) is 18.2. The fourth-order valence-corrected chi connectivity index (χ4v) is 2.10. The monoisotopic (exact) mass is 294 g/mol. The molecule has 1 N–H and O–H groups in total. The highest BCUT2D eigenvalue weighted by Crippen LogP contribution is 2.14. The molecule has 0 unspecified atom stereocenters. The lowest BCUT2D eigenvalue weighted by Crippen LogP contribution is -2.12. The quantitative estimate of drug-likeness (QED) is 0.724. The van der Waals surface area contributed by atoms with Gasteiger partial charge in [-0.1, -0.05) is 42.5 Å². The number of ether oxygens (including phenoxy) is 1. The summed E-state index contributed by atoms with van der Waals surface area (Å²) in [6.07, 6.45) is 3.23. The molecule has 4 heteroatoms. The van der Waals surface area contributed by atoms with Gasteiger partial charge in [0.05, 0.1) is 12.7 Å². The van der Waals surface area contributed by atoms with Crippen molar-refractivity contribution >= 4 is 0 Å². The first-order chi connectivity index (χ1) is 10.9. The highest BCUT2D eigenvalue weighted by molar-refractivity contribution is 5.27. The molecular formula is C18H18N2O2. The molecular weight excluding hydrogens is 276 g/mol. The molecule has 0 spiro atoms. The molecule has 4 nitrogen and oxygen atoms in total. The molecule has 0 aliphatic carbocycles. The van der Waals surface area contributed by atoms with Crippen LogP contribution in [0.3, 0.4) is 0 Å². The molecule has 0 saturated carbocycles. The van der Waals surface area contributed by atoms with Gasteiger partial charge in [-0.3, -0.25) is 0 Å². The Kier molecular flexibility index (Phi) is 4.85. The predicted octanol–water partition coefficient (Wildman–Crippen LogP) is 3.54. The lowest BCUT2D eigenvalue weighted by atomic mass is 10.2. The minimum absolute atomic E-state index is 0.586. The van der Waals surface area contributed by atoms with Gasteiger partial charge >= 0.3 is 0 Å². The maximum Gasteiger partial charge on any atom is 0.207 e. The zero-order chi connectivity index (χ0) is 15.0. The largest absolute Gasteiger partial charge is 0.489 e. The molecule has 0 radical (unpaired) electrons. The van der Waals surface area contributed by atoms with Crippen molar-refractivity contribution < 1.29 is 9.15 Å². The Morgan fingerprint density at radius 1 is 0.909 bits per heavy atom. The van der Waals surface area contributed by atoms with Crippen molar-refractivity contribution in [3.05, 3.63) is 84.1 Å². The number of aromatic nitrogens is 1. The van der Waals surface area contributed by atoms with Crippen LogP contribution in [0.4, 0.5) is 0 Å². The lowest BCUT2D eigenvalue weighted by molar-refractivity contribution is 0.306. The first-order valence-electron chi connectivity index (χ1n) is 7.25. The lowest BCUT2D eigenvalue weighted by Gasteiger charge is -2.08. The molecule has 22 heavy (non-hydrogen) atoms. The summed E-state index contributed by atoms with van der Waals surface area (Å²) in [5.41, 5.74) is 2.36. The second-order valence-corrected chi connectivity index (χ2v) is 4.95. The zero-order valence-electron chi connectivity index (χ0n) is 12.2. The van der Waals surface area contributed by atoms with E-state index in [1.165, 1.54) is 11.1 Å². The molecule has 0 saturated heterocycles. The van der Waals surface area contributed by atoms with Crippen molar-refractivity contribution in [1.29, 1.82) is 0 Å². The van der Waals surface area contributed by atoms with Gasteiger partial charge in [0.15, 0.2) is 0 Å². The highest BCUT2D eigenvalue weighted by Gasteiger charge is 1.99. The number of hydrogen-bond donors (Lipinski definition) is 1. The van der Waals surface area contributed by atoms with Crippen molar-refractivity contribution in [3.63, 3.8) is 0 Å². The third-order valence-corrected chi connectivity index (χ3v) is 3.26. The Morgan fingerprint density at radius 3 is 2.45 bits per heavy atom. The standard InChI is InChI=1S/C18H18N2O2/c1-2-4-16(5-3-1)14-22-17-8-6-15(7-9-17)12-19-13-18-20-10-11-21-18/h1-11,19H,12-14H2. The average Bonchev–Trinajstić information content (AvgIpc) is 3.08. The fourth-order valence-electron chi connectivity index (χ4n) is 2.10. The number of nitrogens with one attached hydrogen (secondary N) is 1. The van der Waals surface area contributed by atoms with Gasteiger partial charge in [0.25, 0.3) is 0 Å². The summed E-state index contributed by atoms with van der Waals surface area (Å²) in [5.74, 6) is 1.57. The van der Waals surface area contributed by atoms with Gasteiger partial charge in [0, 0.05) is 6.54 Å². The third-order valence-electron chi connectivity index (χ3n) is 3.26. The minimum atomic E-state index is 0.586. The summed E-state index contributed by atoms with van der Waals surface area (Å²) in [7, 11) is 0. The Balaban J connectivity index is 1.45. The van der Waals surface area contributed by atoms with Gasteiger partial charge in [-0.25, -0.2) is 4.98 Å². The van der Waals surface area contributed by atoms with E-state index in [1.807, 2.05) is 30.3 Å². The van der Waals surface area contributed by atoms with E-state index in [-0.39, 0.29) is 0 Å². The molecule has 3 aromatic rings. The van der Waals surface area contributed by atoms with Crippen molar-refractivity contribution in [2.75, 3.05) is 0 Å². The maximum absolute atomic E-state index is 5.77. The van der Waals surface area contributed by atoms with Gasteiger partial charge < -0.3 is 14.5 Å². The first-order valence-corrected chi connectivity index (χ1v) is 7.25. The Labute approximate surface area is 129 Å². The number of nitrogens with zero attached hydrogens (tertiary/aromatic N) is 1. The normalized spacial score (nSPS) is 10.5. The zero-order valence-corrected chi connectivity index (χ0v) is 12.2. The van der Waals surface area contributed by atoms with Crippen molar-refractivity contribution in [2.45, 2.75) is 19.7 Å². The van der Waals surface area contributed by atoms with Crippen LogP contribution in [0.25, 0.3) is 0 Å². The average molecular weight is 294 g/mol. The molecule has 0 aliphatic heterocycles. The van der Waals surface area contributed by atoms with Crippen LogP contribution in [0.5, 0.6) is 5.75 Å². The summed E-state index contributed by atoms with van der Waals surface area (Å²) >= 11 is 0. The van der Waals surface area contributed by atoms with E-state index >= 15 is 0 Å². The van der Waals surface area contributed by atoms with E-state index < -0.39 is 0 Å². The van der Waals surface area contributed by atoms with Gasteiger partial charge in [-0.2, -0.15) is 0 Å². The molecule has 0 fully saturated rings. The summed E-state index contributed by atoms with van der Waals surface area (Å²) in [5, 5.41) is 3.28. The van der Waals surface area contributed by atoms with Gasteiger partial charge in [-0.15, -0.1) is 0 Å². The third kappa shape index (κ3) is 4.20. The van der Waals surface area contributed by atoms with Crippen LogP contribution in [0.2, 0.25) is 0 Å². The van der Waals surface area contributed by atoms with Crippen LogP contribution in [0.15, 0.2) is 71.5 Å². The molecule has 0 atom stereocenters. The Morgan fingerprint density at radius 2 is 1.73 bits per heavy atom. The van der Waals surface area contributed by atoms with Crippen LogP contribution in [0, 0.1) is 0 Å². The minimum Gasteiger partial charge on any atom is -0.489 e. The molecule has 112 valence electrons. The van der Waals surface area contributed by atoms with Crippen LogP contribution in [0.1, 0.15) is 17.0 Å². The molecule has 1 heterocycles. The fraction of sp³-hybridized carbons (Fsp3) is 0.167. The van der Waals surface area contributed by atoms with Crippen molar-refractivity contribution in [1.82, 2.24) is 10.3 Å². The maximum atomic E-state index is 5.77. The summed E-state index contributed by atoms with van der Waals surface area (Å²) < 4.78 is 10.9. The van der Waals surface area contributed by atoms with Gasteiger partial charge in [-0.05, 0) is 23.3 Å². The number of oxazole rings is 1. The van der Waals surface area contributed by atoms with Crippen molar-refractivity contribution in [3.8, 4) is 5.75 Å². The topological polar surface area (TPSA) is 47.3 Å². The van der Waals surface area contributed by atoms with E-state index in [9.17, 15) is 0 Å². The smallest absolute Gasteiger partial charge is 0.207 e. The summed E-state index contributed by atoms with van der Waals surface area (Å²) in [4.78, 5) is 4.07. The number of rotatable bonds is 7. The first kappa shape index (κ1) is 14.4. The van der Waals surface area contributed by atoms with Crippen LogP contribution in [-0.2, 0) is 19.7 Å². The molecule has 1 aromatic heterocycles. The van der Waals surface area contributed by atoms with E-state index in [2.05, 4.69) is 34.6 Å². The molecule has 2 aromatic carbocycles. The molecule has 0 aliphatic rings. The SMILES string of the molecule is c1ccc(COc2ccc(CNCc3ncco3)cc2)cc1. The Bertz CT molecular complexity index is 664. The van der Waals surface area contributed by atoms with Gasteiger partial charge in [0.1, 0.15) is 18.6 Å². The van der Waals surface area contributed by atoms with E-state index in [4.69, 9.17) is 9.15 Å². The second-order valence-electron chi connectivity index (χ2n) is 4.95. The summed E-state index contributed by atoms with van der Waals surface area (Å²) in [6.45, 7) is 1.98. The molecule has 3 rings (SSSR count). The Hall–Kier alpha value is -2.59. The molecule has 0 bridgehead atoms. The number of benzene rings is 2. The van der Waals surface area contributed by atoms with Crippen LogP contribution in [-0.4, -0.2) is 4.98 Å².